The molecule has 0 aliphatic rings. The summed E-state index contributed by atoms with van der Waals surface area (Å²) in [7, 11) is 3.20. The van der Waals surface area contributed by atoms with Gasteiger partial charge >= 0.3 is 6.18 Å². The van der Waals surface area contributed by atoms with E-state index in [-0.39, 0.29) is 37.0 Å². The van der Waals surface area contributed by atoms with Gasteiger partial charge in [-0.25, -0.2) is 4.68 Å². The SMILES string of the molecule is CN(C)C(=O)Cn1cc(C(=O)NCCOc2ccc(C(F)(F)F)cc2)nn1. The van der Waals surface area contributed by atoms with E-state index in [1.807, 2.05) is 0 Å². The molecular formula is C16H18F3N5O3. The first-order valence-electron chi connectivity index (χ1n) is 7.85. The minimum Gasteiger partial charge on any atom is -0.492 e. The first-order valence-corrected chi connectivity index (χ1v) is 7.85. The summed E-state index contributed by atoms with van der Waals surface area (Å²) in [6.45, 7) is 0.137. The van der Waals surface area contributed by atoms with E-state index >= 15 is 0 Å². The number of rotatable bonds is 7. The summed E-state index contributed by atoms with van der Waals surface area (Å²) in [6, 6.07) is 4.25. The molecule has 0 fully saturated rings. The van der Waals surface area contributed by atoms with E-state index in [0.29, 0.717) is 0 Å². The number of alkyl halides is 3. The number of hydrogen-bond donors (Lipinski definition) is 1. The molecular weight excluding hydrogens is 367 g/mol. The zero-order chi connectivity index (χ0) is 20.0. The number of carbonyl (C=O) groups excluding carboxylic acids is 2. The van der Waals surface area contributed by atoms with Crippen LogP contribution in [0.1, 0.15) is 16.1 Å². The van der Waals surface area contributed by atoms with Crippen LogP contribution in [0.5, 0.6) is 5.75 Å². The van der Waals surface area contributed by atoms with E-state index in [2.05, 4.69) is 15.6 Å². The Kier molecular flexibility index (Phi) is 6.37. The second-order valence-electron chi connectivity index (χ2n) is 5.72. The highest BCUT2D eigenvalue weighted by Gasteiger charge is 2.30. The van der Waals surface area contributed by atoms with E-state index in [9.17, 15) is 22.8 Å². The maximum Gasteiger partial charge on any atom is 0.416 e. The fourth-order valence-corrected chi connectivity index (χ4v) is 1.92. The van der Waals surface area contributed by atoms with Crippen molar-refractivity contribution in [3.8, 4) is 5.75 Å². The fourth-order valence-electron chi connectivity index (χ4n) is 1.92. The Balaban J connectivity index is 1.76. The molecule has 146 valence electrons. The maximum absolute atomic E-state index is 12.5. The van der Waals surface area contributed by atoms with Crippen LogP contribution in [0.15, 0.2) is 30.5 Å². The number of aromatic nitrogens is 3. The number of hydrogen-bond acceptors (Lipinski definition) is 5. The number of nitrogens with one attached hydrogen (secondary N) is 1. The lowest BCUT2D eigenvalue weighted by Gasteiger charge is -2.09. The summed E-state index contributed by atoms with van der Waals surface area (Å²) in [5, 5.41) is 9.92. The lowest BCUT2D eigenvalue weighted by Crippen LogP contribution is -2.28. The van der Waals surface area contributed by atoms with Crippen molar-refractivity contribution in [2.75, 3.05) is 27.2 Å². The number of carbonyl (C=O) groups is 2. The van der Waals surface area contributed by atoms with Gasteiger partial charge in [-0.3, -0.25) is 9.59 Å². The molecule has 0 unspecified atom stereocenters. The fraction of sp³-hybridized carbons (Fsp3) is 0.375. The minimum absolute atomic E-state index is 0.0374. The Morgan fingerprint density at radius 1 is 1.22 bits per heavy atom. The molecule has 1 N–H and O–H groups in total. The Morgan fingerprint density at radius 2 is 1.89 bits per heavy atom. The van der Waals surface area contributed by atoms with Gasteiger partial charge in [0, 0.05) is 14.1 Å². The second kappa shape index (κ2) is 8.52. The molecule has 0 aliphatic heterocycles. The van der Waals surface area contributed by atoms with Gasteiger partial charge in [0.15, 0.2) is 5.69 Å². The molecule has 0 atom stereocenters. The molecule has 11 heteroatoms. The summed E-state index contributed by atoms with van der Waals surface area (Å²) >= 11 is 0. The molecule has 0 radical (unpaired) electrons. The van der Waals surface area contributed by atoms with Crippen molar-refractivity contribution in [2.24, 2.45) is 0 Å². The van der Waals surface area contributed by atoms with Crippen molar-refractivity contribution < 1.29 is 27.5 Å². The average Bonchev–Trinajstić information content (AvgIpc) is 3.06. The van der Waals surface area contributed by atoms with E-state index in [0.717, 1.165) is 12.1 Å². The third-order valence-corrected chi connectivity index (χ3v) is 3.41. The second-order valence-corrected chi connectivity index (χ2v) is 5.72. The maximum atomic E-state index is 12.5. The van der Waals surface area contributed by atoms with Crippen LogP contribution in [0.2, 0.25) is 0 Å². The third kappa shape index (κ3) is 5.97. The number of benzene rings is 1. The van der Waals surface area contributed by atoms with Crippen molar-refractivity contribution >= 4 is 11.8 Å². The molecule has 0 spiro atoms. The minimum atomic E-state index is -4.40. The zero-order valence-corrected chi connectivity index (χ0v) is 14.7. The van der Waals surface area contributed by atoms with Gasteiger partial charge in [-0.15, -0.1) is 5.10 Å². The van der Waals surface area contributed by atoms with Crippen LogP contribution in [0.25, 0.3) is 0 Å². The number of halogens is 3. The number of likely N-dealkylation sites (N-methyl/N-ethyl adjacent to an activating group) is 1. The molecule has 8 nitrogen and oxygen atoms in total. The Morgan fingerprint density at radius 3 is 2.48 bits per heavy atom. The van der Waals surface area contributed by atoms with Crippen LogP contribution in [0.4, 0.5) is 13.2 Å². The highest BCUT2D eigenvalue weighted by molar-refractivity contribution is 5.91. The van der Waals surface area contributed by atoms with Crippen molar-refractivity contribution in [3.05, 3.63) is 41.7 Å². The van der Waals surface area contributed by atoms with Crippen molar-refractivity contribution in [1.82, 2.24) is 25.2 Å². The lowest BCUT2D eigenvalue weighted by molar-refractivity contribution is -0.137. The highest BCUT2D eigenvalue weighted by atomic mass is 19.4. The quantitative estimate of drug-likeness (QED) is 0.724. The number of nitrogens with zero attached hydrogens (tertiary/aromatic N) is 4. The monoisotopic (exact) mass is 385 g/mol. The van der Waals surface area contributed by atoms with Crippen molar-refractivity contribution in [2.45, 2.75) is 12.7 Å². The van der Waals surface area contributed by atoms with Crippen LogP contribution in [-0.2, 0) is 17.5 Å². The van der Waals surface area contributed by atoms with E-state index in [1.165, 1.54) is 27.9 Å². The summed E-state index contributed by atoms with van der Waals surface area (Å²) in [5.41, 5.74) is -0.727. The molecule has 1 aromatic heterocycles. The Hall–Kier alpha value is -3.11. The van der Waals surface area contributed by atoms with Gasteiger partial charge in [0.2, 0.25) is 5.91 Å². The highest BCUT2D eigenvalue weighted by Crippen LogP contribution is 2.30. The molecule has 2 amide bonds. The van der Waals surface area contributed by atoms with Crippen LogP contribution in [-0.4, -0.2) is 59.0 Å². The molecule has 0 saturated heterocycles. The average molecular weight is 385 g/mol. The zero-order valence-electron chi connectivity index (χ0n) is 14.7. The van der Waals surface area contributed by atoms with Crippen LogP contribution >= 0.6 is 0 Å². The van der Waals surface area contributed by atoms with Crippen molar-refractivity contribution in [1.29, 1.82) is 0 Å². The summed E-state index contributed by atoms with van der Waals surface area (Å²) in [5.74, 6) is -0.447. The Bertz CT molecular complexity index is 787. The van der Waals surface area contributed by atoms with Gasteiger partial charge in [-0.1, -0.05) is 5.21 Å². The first kappa shape index (κ1) is 20.2. The number of ether oxygens (including phenoxy) is 1. The van der Waals surface area contributed by atoms with Gasteiger partial charge in [-0.2, -0.15) is 13.2 Å². The summed E-state index contributed by atoms with van der Waals surface area (Å²) < 4.78 is 43.9. The first-order chi connectivity index (χ1) is 12.7. The van der Waals surface area contributed by atoms with Gasteiger partial charge in [0.25, 0.3) is 5.91 Å². The van der Waals surface area contributed by atoms with E-state index in [4.69, 9.17) is 4.74 Å². The topological polar surface area (TPSA) is 89.4 Å². The molecule has 27 heavy (non-hydrogen) atoms. The van der Waals surface area contributed by atoms with Crippen LogP contribution < -0.4 is 10.1 Å². The van der Waals surface area contributed by atoms with Gasteiger partial charge in [0.1, 0.15) is 18.9 Å². The summed E-state index contributed by atoms with van der Waals surface area (Å²) in [6.07, 6.45) is -3.06. The molecule has 0 aliphatic carbocycles. The molecule has 2 aromatic rings. The van der Waals surface area contributed by atoms with Crippen LogP contribution in [0.3, 0.4) is 0 Å². The van der Waals surface area contributed by atoms with Gasteiger partial charge in [0.05, 0.1) is 18.3 Å². The molecule has 2 rings (SSSR count). The standard InChI is InChI=1S/C16H18F3N5O3/c1-23(2)14(25)10-24-9-13(21-22-24)15(26)20-7-8-27-12-5-3-11(4-6-12)16(17,18)19/h3-6,9H,7-8,10H2,1-2H3,(H,20,26). The predicted octanol–water partition coefficient (Wildman–Crippen LogP) is 1.19. The van der Waals surface area contributed by atoms with E-state index in [1.54, 1.807) is 14.1 Å². The van der Waals surface area contributed by atoms with E-state index < -0.39 is 17.6 Å². The largest absolute Gasteiger partial charge is 0.492 e. The third-order valence-electron chi connectivity index (χ3n) is 3.41. The summed E-state index contributed by atoms with van der Waals surface area (Å²) in [4.78, 5) is 24.9. The van der Waals surface area contributed by atoms with Gasteiger partial charge < -0.3 is 15.0 Å². The predicted molar refractivity (Wildman–Crippen MR) is 88.0 cm³/mol. The lowest BCUT2D eigenvalue weighted by atomic mass is 10.2. The number of amides is 2. The Labute approximate surface area is 152 Å². The van der Waals surface area contributed by atoms with Crippen LogP contribution in [0, 0.1) is 0 Å². The smallest absolute Gasteiger partial charge is 0.416 e. The van der Waals surface area contributed by atoms with Gasteiger partial charge in [-0.05, 0) is 24.3 Å². The van der Waals surface area contributed by atoms with Crippen molar-refractivity contribution in [3.63, 3.8) is 0 Å². The molecule has 0 saturated carbocycles. The normalized spacial score (nSPS) is 11.1. The molecule has 1 heterocycles. The molecule has 0 bridgehead atoms. The molecule has 1 aromatic carbocycles.